The number of rotatable bonds is 4. The average molecular weight is 439 g/mol. The summed E-state index contributed by atoms with van der Waals surface area (Å²) >= 11 is 12.4. The molecule has 1 atom stereocenters. The number of hydrogen-bond donors (Lipinski definition) is 1. The number of benzene rings is 3. The third-order valence-electron chi connectivity index (χ3n) is 5.45. The Hall–Kier alpha value is -2.86. The number of halogens is 2. The standard InChI is InChI=1S/C23H16Cl2N2O3/c24-13-5-7-20-18(9-13)19-10-14(25)6-8-21(19)26(20)11-15(28)12-27-22(29)16-3-1-2-4-17(16)23(27)30/h1-10,15,28H,11-12H2/t15-/m0/s1. The number of carbonyl (C=O) groups excluding carboxylic acids is 2. The summed E-state index contributed by atoms with van der Waals surface area (Å²) in [7, 11) is 0. The summed E-state index contributed by atoms with van der Waals surface area (Å²) in [6.45, 7) is 0.116. The van der Waals surface area contributed by atoms with Gasteiger partial charge < -0.3 is 9.67 Å². The second kappa shape index (κ2) is 7.13. The number of aromatic nitrogens is 1. The minimum atomic E-state index is -0.947. The van der Waals surface area contributed by atoms with Crippen molar-refractivity contribution in [1.29, 1.82) is 0 Å². The van der Waals surface area contributed by atoms with Crippen molar-refractivity contribution >= 4 is 56.8 Å². The van der Waals surface area contributed by atoms with E-state index in [0.717, 1.165) is 26.7 Å². The van der Waals surface area contributed by atoms with E-state index in [1.54, 1.807) is 36.4 Å². The van der Waals surface area contributed by atoms with E-state index in [0.29, 0.717) is 21.2 Å². The van der Waals surface area contributed by atoms with Crippen LogP contribution in [-0.4, -0.2) is 39.0 Å². The molecule has 7 heteroatoms. The number of nitrogens with zero attached hydrogens (tertiary/aromatic N) is 2. The first-order valence-electron chi connectivity index (χ1n) is 9.44. The highest BCUT2D eigenvalue weighted by Crippen LogP contribution is 2.33. The lowest BCUT2D eigenvalue weighted by Gasteiger charge is -2.20. The number of fused-ring (bicyclic) bond motifs is 4. The summed E-state index contributed by atoms with van der Waals surface area (Å²) in [5, 5.41) is 13.9. The van der Waals surface area contributed by atoms with Gasteiger partial charge >= 0.3 is 0 Å². The Kier molecular flexibility index (Phi) is 4.54. The van der Waals surface area contributed by atoms with Crippen LogP contribution in [0.3, 0.4) is 0 Å². The van der Waals surface area contributed by atoms with Gasteiger partial charge in [0.05, 0.1) is 30.3 Å². The largest absolute Gasteiger partial charge is 0.389 e. The molecule has 2 amide bonds. The normalized spacial score (nSPS) is 14.7. The topological polar surface area (TPSA) is 62.5 Å². The molecule has 0 bridgehead atoms. The van der Waals surface area contributed by atoms with Crippen LogP contribution in [0.2, 0.25) is 10.0 Å². The van der Waals surface area contributed by atoms with Gasteiger partial charge in [0, 0.05) is 31.9 Å². The number of aliphatic hydroxyl groups excluding tert-OH is 1. The molecule has 2 heterocycles. The smallest absolute Gasteiger partial charge is 0.261 e. The van der Waals surface area contributed by atoms with Crippen LogP contribution in [0.1, 0.15) is 20.7 Å². The van der Waals surface area contributed by atoms with Crippen molar-refractivity contribution < 1.29 is 14.7 Å². The van der Waals surface area contributed by atoms with Gasteiger partial charge in [0.2, 0.25) is 0 Å². The van der Waals surface area contributed by atoms with E-state index in [9.17, 15) is 14.7 Å². The van der Waals surface area contributed by atoms with Crippen molar-refractivity contribution in [3.8, 4) is 0 Å². The Morgan fingerprint density at radius 2 is 1.27 bits per heavy atom. The number of hydrogen-bond acceptors (Lipinski definition) is 3. The van der Waals surface area contributed by atoms with Crippen molar-refractivity contribution in [2.45, 2.75) is 12.6 Å². The first-order valence-corrected chi connectivity index (χ1v) is 10.2. The predicted molar refractivity (Wildman–Crippen MR) is 117 cm³/mol. The monoisotopic (exact) mass is 438 g/mol. The quantitative estimate of drug-likeness (QED) is 0.467. The Labute approximate surface area is 182 Å². The van der Waals surface area contributed by atoms with Gasteiger partial charge in [-0.05, 0) is 48.5 Å². The van der Waals surface area contributed by atoms with E-state index in [1.807, 2.05) is 28.8 Å². The van der Waals surface area contributed by atoms with Crippen LogP contribution in [0.15, 0.2) is 60.7 Å². The van der Waals surface area contributed by atoms with Crippen LogP contribution in [0.5, 0.6) is 0 Å². The molecule has 1 aliphatic heterocycles. The van der Waals surface area contributed by atoms with Crippen molar-refractivity contribution in [2.75, 3.05) is 6.54 Å². The van der Waals surface area contributed by atoms with Gasteiger partial charge in [-0.3, -0.25) is 14.5 Å². The Morgan fingerprint density at radius 3 is 1.77 bits per heavy atom. The van der Waals surface area contributed by atoms with Gasteiger partial charge in [-0.2, -0.15) is 0 Å². The lowest BCUT2D eigenvalue weighted by Crippen LogP contribution is -2.38. The molecule has 0 fully saturated rings. The second-order valence-electron chi connectivity index (χ2n) is 7.35. The third kappa shape index (κ3) is 2.98. The first-order chi connectivity index (χ1) is 14.4. The SMILES string of the molecule is O=C1c2ccccc2C(=O)N1C[C@@H](O)Cn1c2ccc(Cl)cc2c2cc(Cl)ccc21. The Balaban J connectivity index is 1.49. The molecule has 5 nitrogen and oxygen atoms in total. The van der Waals surface area contributed by atoms with Crippen molar-refractivity contribution in [1.82, 2.24) is 9.47 Å². The van der Waals surface area contributed by atoms with E-state index in [-0.39, 0.29) is 24.9 Å². The van der Waals surface area contributed by atoms with Crippen LogP contribution in [-0.2, 0) is 6.54 Å². The summed E-state index contributed by atoms with van der Waals surface area (Å²) in [5.74, 6) is -0.758. The molecule has 0 aliphatic carbocycles. The zero-order valence-corrected chi connectivity index (χ0v) is 17.2. The summed E-state index contributed by atoms with van der Waals surface area (Å²) in [6, 6.07) is 17.8. The van der Waals surface area contributed by atoms with Crippen LogP contribution < -0.4 is 0 Å². The zero-order chi connectivity index (χ0) is 21.0. The van der Waals surface area contributed by atoms with E-state index >= 15 is 0 Å². The fraction of sp³-hybridized carbons (Fsp3) is 0.130. The number of aliphatic hydroxyl groups is 1. The molecule has 0 saturated carbocycles. The van der Waals surface area contributed by atoms with E-state index in [1.165, 1.54) is 0 Å². The minimum absolute atomic E-state index is 0.0886. The van der Waals surface area contributed by atoms with Crippen molar-refractivity contribution in [3.63, 3.8) is 0 Å². The molecular weight excluding hydrogens is 423 g/mol. The van der Waals surface area contributed by atoms with Crippen LogP contribution in [0, 0.1) is 0 Å². The van der Waals surface area contributed by atoms with Crippen LogP contribution >= 0.6 is 23.2 Å². The highest BCUT2D eigenvalue weighted by molar-refractivity contribution is 6.33. The molecule has 3 aromatic carbocycles. The van der Waals surface area contributed by atoms with Crippen LogP contribution in [0.4, 0.5) is 0 Å². The molecule has 1 N–H and O–H groups in total. The van der Waals surface area contributed by atoms with E-state index in [4.69, 9.17) is 23.2 Å². The maximum absolute atomic E-state index is 12.6. The summed E-state index contributed by atoms with van der Waals surface area (Å²) in [6.07, 6.45) is -0.947. The van der Waals surface area contributed by atoms with Crippen molar-refractivity contribution in [2.24, 2.45) is 0 Å². The molecule has 0 spiro atoms. The molecule has 5 rings (SSSR count). The predicted octanol–water partition coefficient (Wildman–Crippen LogP) is 4.76. The average Bonchev–Trinajstić information content (AvgIpc) is 3.15. The molecule has 0 unspecified atom stereocenters. The summed E-state index contributed by atoms with van der Waals surface area (Å²) in [5.41, 5.74) is 2.52. The fourth-order valence-corrected chi connectivity index (χ4v) is 4.47. The molecule has 1 aromatic heterocycles. The number of carbonyl (C=O) groups is 2. The summed E-state index contributed by atoms with van der Waals surface area (Å²) < 4.78 is 1.96. The molecular formula is C23H16Cl2N2O3. The van der Waals surface area contributed by atoms with Gasteiger partial charge in [-0.15, -0.1) is 0 Å². The van der Waals surface area contributed by atoms with E-state index in [2.05, 4.69) is 0 Å². The fourth-order valence-electron chi connectivity index (χ4n) is 4.13. The third-order valence-corrected chi connectivity index (χ3v) is 5.92. The maximum atomic E-state index is 12.6. The number of β-amino-alcohol motifs (C(OH)–C–C–N with tert-alkyl or cyclic N) is 1. The number of amides is 2. The van der Waals surface area contributed by atoms with E-state index < -0.39 is 6.10 Å². The lowest BCUT2D eigenvalue weighted by atomic mass is 10.1. The highest BCUT2D eigenvalue weighted by Gasteiger charge is 2.36. The van der Waals surface area contributed by atoms with Gasteiger partial charge in [-0.25, -0.2) is 0 Å². The first kappa shape index (κ1) is 19.1. The Bertz CT molecular complexity index is 1250. The molecule has 4 aromatic rings. The highest BCUT2D eigenvalue weighted by atomic mass is 35.5. The number of imide groups is 1. The summed E-state index contributed by atoms with van der Waals surface area (Å²) in [4.78, 5) is 26.3. The van der Waals surface area contributed by atoms with Gasteiger partial charge in [0.1, 0.15) is 0 Å². The molecule has 0 saturated heterocycles. The van der Waals surface area contributed by atoms with Crippen molar-refractivity contribution in [3.05, 3.63) is 81.8 Å². The second-order valence-corrected chi connectivity index (χ2v) is 8.23. The minimum Gasteiger partial charge on any atom is -0.389 e. The van der Waals surface area contributed by atoms with Crippen LogP contribution in [0.25, 0.3) is 21.8 Å². The molecule has 30 heavy (non-hydrogen) atoms. The van der Waals surface area contributed by atoms with Gasteiger partial charge in [0.15, 0.2) is 0 Å². The maximum Gasteiger partial charge on any atom is 0.261 e. The molecule has 150 valence electrons. The molecule has 1 aliphatic rings. The van der Waals surface area contributed by atoms with Gasteiger partial charge in [0.25, 0.3) is 11.8 Å². The zero-order valence-electron chi connectivity index (χ0n) is 15.7. The van der Waals surface area contributed by atoms with Gasteiger partial charge in [-0.1, -0.05) is 35.3 Å². The molecule has 0 radical (unpaired) electrons. The Morgan fingerprint density at radius 1 is 0.767 bits per heavy atom. The lowest BCUT2D eigenvalue weighted by molar-refractivity contribution is 0.0524.